The Balaban J connectivity index is 2.03. The van der Waals surface area contributed by atoms with E-state index in [2.05, 4.69) is 9.98 Å². The zero-order valence-corrected chi connectivity index (χ0v) is 18.1. The van der Waals surface area contributed by atoms with Crippen LogP contribution in [-0.4, -0.2) is 29.4 Å². The summed E-state index contributed by atoms with van der Waals surface area (Å²) in [5.41, 5.74) is -7.94. The smallest absolute Gasteiger partial charge is 0.433 e. The van der Waals surface area contributed by atoms with Crippen molar-refractivity contribution in [3.63, 3.8) is 0 Å². The molecule has 1 aromatic carbocycles. The number of pyridine rings is 1. The van der Waals surface area contributed by atoms with Crippen LogP contribution in [0.15, 0.2) is 41.4 Å². The predicted molar refractivity (Wildman–Crippen MR) is 105 cm³/mol. The van der Waals surface area contributed by atoms with Gasteiger partial charge in [-0.15, -0.1) is 0 Å². The molecule has 1 aromatic heterocycles. The molecule has 0 bridgehead atoms. The van der Waals surface area contributed by atoms with Gasteiger partial charge in [-0.3, -0.25) is 9.79 Å². The summed E-state index contributed by atoms with van der Waals surface area (Å²) in [5.74, 6) is -0.550. The van der Waals surface area contributed by atoms with Crippen LogP contribution in [0.2, 0.25) is 0 Å². The molecule has 0 aliphatic carbocycles. The second-order valence-electron chi connectivity index (χ2n) is 8.02. The molecule has 4 nitrogen and oxygen atoms in total. The summed E-state index contributed by atoms with van der Waals surface area (Å²) in [4.78, 5) is 17.4. The Morgan fingerprint density at radius 3 is 1.89 bits per heavy atom. The van der Waals surface area contributed by atoms with Crippen molar-refractivity contribution >= 4 is 11.7 Å². The summed E-state index contributed by atoms with van der Waals surface area (Å²) < 4.78 is 127. The minimum Gasteiger partial charge on any atom is -0.458 e. The largest absolute Gasteiger partial charge is 0.458 e. The van der Waals surface area contributed by atoms with Gasteiger partial charge in [0.2, 0.25) is 0 Å². The van der Waals surface area contributed by atoms with Crippen molar-refractivity contribution in [3.8, 4) is 0 Å². The number of carbonyl (C=O) groups is 1. The van der Waals surface area contributed by atoms with Crippen molar-refractivity contribution in [2.24, 2.45) is 4.99 Å². The molecule has 2 aromatic rings. The molecule has 0 saturated heterocycles. The summed E-state index contributed by atoms with van der Waals surface area (Å²) in [5, 5.41) is 0. The number of carbonyl (C=O) groups excluding carboxylic acids is 1. The summed E-state index contributed by atoms with van der Waals surface area (Å²) in [6.07, 6.45) is -17.7. The Kier molecular flexibility index (Phi) is 6.68. The van der Waals surface area contributed by atoms with Gasteiger partial charge in [0.15, 0.2) is 0 Å². The number of hydrogen-bond donors (Lipinski definition) is 0. The Morgan fingerprint density at radius 2 is 1.46 bits per heavy atom. The van der Waals surface area contributed by atoms with Gasteiger partial charge in [-0.1, -0.05) is 24.3 Å². The Bertz CT molecular complexity index is 1100. The number of aliphatic imine (C=N–C) groups is 1. The topological polar surface area (TPSA) is 51.5 Å². The highest BCUT2D eigenvalue weighted by molar-refractivity contribution is 6.03. The third kappa shape index (κ3) is 5.43. The first-order valence-corrected chi connectivity index (χ1v) is 9.98. The number of alkyl halides is 9. The fourth-order valence-electron chi connectivity index (χ4n) is 3.73. The summed E-state index contributed by atoms with van der Waals surface area (Å²) in [7, 11) is 0. The lowest BCUT2D eigenvalue weighted by atomic mass is 9.76. The van der Waals surface area contributed by atoms with Crippen LogP contribution in [0.4, 0.5) is 39.5 Å². The third-order valence-corrected chi connectivity index (χ3v) is 5.57. The number of ether oxygens (including phenoxy) is 1. The number of benzene rings is 1. The molecule has 3 rings (SSSR count). The molecule has 2 atom stereocenters. The Labute approximate surface area is 192 Å². The van der Waals surface area contributed by atoms with Crippen LogP contribution < -0.4 is 0 Å². The molecule has 190 valence electrons. The summed E-state index contributed by atoms with van der Waals surface area (Å²) in [6.45, 7) is 1.66. The Morgan fingerprint density at radius 1 is 0.943 bits per heavy atom. The van der Waals surface area contributed by atoms with Gasteiger partial charge < -0.3 is 4.74 Å². The standard InChI is InChI=1S/C22H17F9N2O2/c1-11(35-12(2)34)13-3-5-14(6-4-13)16-9-19(10-32-16,22(29,30)31)15-7-17(20(23,24)25)33-18(8-15)21(26,27)28/h3-8,11H,9-10H2,1-2H3. The van der Waals surface area contributed by atoms with E-state index in [1.807, 2.05) is 0 Å². The number of halogens is 9. The Hall–Kier alpha value is -3.12. The number of nitrogens with zero attached hydrogens (tertiary/aromatic N) is 2. The maximum absolute atomic E-state index is 14.2. The normalized spacial score (nSPS) is 19.9. The van der Waals surface area contributed by atoms with Crippen LogP contribution in [0.3, 0.4) is 0 Å². The van der Waals surface area contributed by atoms with Gasteiger partial charge in [-0.25, -0.2) is 4.98 Å². The van der Waals surface area contributed by atoms with Crippen molar-refractivity contribution in [2.75, 3.05) is 6.54 Å². The van der Waals surface area contributed by atoms with Gasteiger partial charge in [0, 0.05) is 19.1 Å². The predicted octanol–water partition coefficient (Wildman–Crippen LogP) is 6.44. The zero-order valence-electron chi connectivity index (χ0n) is 18.1. The van der Waals surface area contributed by atoms with Gasteiger partial charge >= 0.3 is 24.5 Å². The number of aromatic nitrogens is 1. The number of esters is 1. The number of hydrogen-bond acceptors (Lipinski definition) is 4. The monoisotopic (exact) mass is 512 g/mol. The van der Waals surface area contributed by atoms with Gasteiger partial charge in [0.1, 0.15) is 22.9 Å². The van der Waals surface area contributed by atoms with Crippen LogP contribution in [0, 0.1) is 0 Å². The molecule has 2 unspecified atom stereocenters. The van der Waals surface area contributed by atoms with Gasteiger partial charge in [-0.05, 0) is 35.7 Å². The minimum absolute atomic E-state index is 0.00886. The lowest BCUT2D eigenvalue weighted by Gasteiger charge is -2.32. The minimum atomic E-state index is -5.40. The quantitative estimate of drug-likeness (QED) is 0.350. The third-order valence-electron chi connectivity index (χ3n) is 5.57. The molecule has 13 heteroatoms. The lowest BCUT2D eigenvalue weighted by Crippen LogP contribution is -2.44. The van der Waals surface area contributed by atoms with Crippen molar-refractivity contribution in [2.45, 2.75) is 50.3 Å². The van der Waals surface area contributed by atoms with Crippen molar-refractivity contribution < 1.29 is 49.0 Å². The van der Waals surface area contributed by atoms with Gasteiger partial charge in [-0.2, -0.15) is 39.5 Å². The molecule has 1 aliphatic heterocycles. The molecule has 35 heavy (non-hydrogen) atoms. The fourth-order valence-corrected chi connectivity index (χ4v) is 3.73. The van der Waals surface area contributed by atoms with E-state index in [1.165, 1.54) is 31.2 Å². The van der Waals surface area contributed by atoms with Crippen LogP contribution >= 0.6 is 0 Å². The first-order valence-electron chi connectivity index (χ1n) is 9.98. The van der Waals surface area contributed by atoms with E-state index in [1.54, 1.807) is 6.92 Å². The molecule has 0 amide bonds. The van der Waals surface area contributed by atoms with E-state index < -0.39 is 65.9 Å². The highest BCUT2D eigenvalue weighted by atomic mass is 19.4. The molecule has 0 saturated carbocycles. The van der Waals surface area contributed by atoms with Crippen LogP contribution in [0.1, 0.15) is 54.5 Å². The molecule has 0 N–H and O–H groups in total. The van der Waals surface area contributed by atoms with E-state index in [0.29, 0.717) is 5.56 Å². The van der Waals surface area contributed by atoms with Crippen molar-refractivity contribution in [1.82, 2.24) is 4.98 Å². The highest BCUT2D eigenvalue weighted by Gasteiger charge is 2.59. The van der Waals surface area contributed by atoms with Crippen LogP contribution in [0.25, 0.3) is 0 Å². The average Bonchev–Trinajstić information content (AvgIpc) is 3.19. The molecule has 0 spiro atoms. The molecular formula is C22H17F9N2O2. The van der Waals surface area contributed by atoms with E-state index in [9.17, 15) is 44.3 Å². The second kappa shape index (κ2) is 8.83. The first-order chi connectivity index (χ1) is 15.9. The molecular weight excluding hydrogens is 495 g/mol. The first kappa shape index (κ1) is 26.5. The summed E-state index contributed by atoms with van der Waals surface area (Å²) in [6, 6.07) is 5.69. The van der Waals surface area contributed by atoms with Gasteiger partial charge in [0.25, 0.3) is 0 Å². The molecule has 2 heterocycles. The maximum atomic E-state index is 14.2. The fraction of sp³-hybridized carbons (Fsp3) is 0.409. The molecule has 0 radical (unpaired) electrons. The SMILES string of the molecule is CC(=O)OC(C)c1ccc(C2=NCC(c3cc(C(F)(F)F)nc(C(F)(F)F)c3)(C(F)(F)F)C2)cc1. The van der Waals surface area contributed by atoms with E-state index in [0.717, 1.165) is 0 Å². The second-order valence-corrected chi connectivity index (χ2v) is 8.02. The lowest BCUT2D eigenvalue weighted by molar-refractivity contribution is -0.185. The van der Waals surface area contributed by atoms with E-state index in [4.69, 9.17) is 4.74 Å². The highest BCUT2D eigenvalue weighted by Crippen LogP contribution is 2.49. The van der Waals surface area contributed by atoms with E-state index >= 15 is 0 Å². The molecule has 1 aliphatic rings. The van der Waals surface area contributed by atoms with Gasteiger partial charge in [0.05, 0.1) is 6.54 Å². The maximum Gasteiger partial charge on any atom is 0.433 e. The van der Waals surface area contributed by atoms with Crippen molar-refractivity contribution in [3.05, 3.63) is 64.5 Å². The average molecular weight is 512 g/mol. The van der Waals surface area contributed by atoms with Crippen molar-refractivity contribution in [1.29, 1.82) is 0 Å². The zero-order chi connectivity index (χ0) is 26.4. The van der Waals surface area contributed by atoms with Crippen LogP contribution in [0.5, 0.6) is 0 Å². The number of rotatable bonds is 4. The molecule has 0 fully saturated rings. The summed E-state index contributed by atoms with van der Waals surface area (Å²) >= 11 is 0. The van der Waals surface area contributed by atoms with Crippen LogP contribution in [-0.2, 0) is 27.3 Å². The van der Waals surface area contributed by atoms with E-state index in [-0.39, 0.29) is 23.4 Å².